The van der Waals surface area contributed by atoms with Crippen molar-refractivity contribution in [3.63, 3.8) is 0 Å². The number of piperidine rings is 1. The summed E-state index contributed by atoms with van der Waals surface area (Å²) in [5, 5.41) is 6.94. The van der Waals surface area contributed by atoms with Crippen LogP contribution in [0.25, 0.3) is 11.1 Å². The van der Waals surface area contributed by atoms with Gasteiger partial charge in [-0.2, -0.15) is 4.98 Å². The standard InChI is InChI=1S/C20H27N5O2/c26-18(16-13-20(14-22-16)5-7-21-8-6-20)24-9-11-25(12-10-24)19-23-15-3-1-2-4-17(15)27-19/h1-4,16,21-22H,5-14H2. The van der Waals surface area contributed by atoms with Crippen LogP contribution in [0, 0.1) is 5.41 Å². The lowest BCUT2D eigenvalue weighted by Crippen LogP contribution is -2.53. The second-order valence-electron chi connectivity index (χ2n) is 8.16. The first-order valence-corrected chi connectivity index (χ1v) is 10.1. The summed E-state index contributed by atoms with van der Waals surface area (Å²) in [4.78, 5) is 21.7. The first-order chi connectivity index (χ1) is 13.2. The maximum absolute atomic E-state index is 13.0. The second kappa shape index (κ2) is 6.80. The van der Waals surface area contributed by atoms with E-state index in [1.165, 1.54) is 12.8 Å². The van der Waals surface area contributed by atoms with Gasteiger partial charge in [-0.1, -0.05) is 12.1 Å². The number of aromatic nitrogens is 1. The van der Waals surface area contributed by atoms with Gasteiger partial charge < -0.3 is 24.9 Å². The molecule has 1 unspecified atom stereocenters. The smallest absolute Gasteiger partial charge is 0.298 e. The van der Waals surface area contributed by atoms with Crippen LogP contribution in [0.3, 0.4) is 0 Å². The van der Waals surface area contributed by atoms with Crippen LogP contribution in [0.1, 0.15) is 19.3 Å². The van der Waals surface area contributed by atoms with Gasteiger partial charge in [0.15, 0.2) is 5.58 Å². The number of fused-ring (bicyclic) bond motifs is 1. The fourth-order valence-corrected chi connectivity index (χ4v) is 4.76. The molecular weight excluding hydrogens is 342 g/mol. The highest BCUT2D eigenvalue weighted by Crippen LogP contribution is 2.37. The van der Waals surface area contributed by atoms with Gasteiger partial charge in [0.2, 0.25) is 5.91 Å². The Bertz CT molecular complexity index is 788. The highest BCUT2D eigenvalue weighted by molar-refractivity contribution is 5.82. The summed E-state index contributed by atoms with van der Waals surface area (Å²) >= 11 is 0. The molecule has 0 aliphatic carbocycles. The molecule has 7 heteroatoms. The Balaban J connectivity index is 1.19. The summed E-state index contributed by atoms with van der Waals surface area (Å²) in [6.45, 7) is 6.11. The van der Waals surface area contributed by atoms with Crippen molar-refractivity contribution in [1.29, 1.82) is 0 Å². The van der Waals surface area contributed by atoms with Crippen molar-refractivity contribution in [2.45, 2.75) is 25.3 Å². The third kappa shape index (κ3) is 3.19. The number of hydrogen-bond donors (Lipinski definition) is 2. The van der Waals surface area contributed by atoms with Gasteiger partial charge in [-0.3, -0.25) is 4.79 Å². The monoisotopic (exact) mass is 369 g/mol. The lowest BCUT2D eigenvalue weighted by atomic mass is 9.77. The van der Waals surface area contributed by atoms with Crippen molar-refractivity contribution in [3.8, 4) is 0 Å². The van der Waals surface area contributed by atoms with E-state index < -0.39 is 0 Å². The molecule has 27 heavy (non-hydrogen) atoms. The van der Waals surface area contributed by atoms with Gasteiger partial charge in [0.1, 0.15) is 5.52 Å². The molecule has 144 valence electrons. The van der Waals surface area contributed by atoms with Crippen molar-refractivity contribution in [2.75, 3.05) is 50.7 Å². The number of amides is 1. The molecule has 0 saturated carbocycles. The van der Waals surface area contributed by atoms with Crippen molar-refractivity contribution >= 4 is 23.0 Å². The third-order valence-electron chi connectivity index (χ3n) is 6.47. The Labute approximate surface area is 159 Å². The molecule has 3 aliphatic rings. The largest absolute Gasteiger partial charge is 0.423 e. The van der Waals surface area contributed by atoms with E-state index in [0.29, 0.717) is 11.4 Å². The normalized spacial score (nSPS) is 25.4. The van der Waals surface area contributed by atoms with Crippen LogP contribution < -0.4 is 15.5 Å². The van der Waals surface area contributed by atoms with Gasteiger partial charge in [0.25, 0.3) is 6.01 Å². The summed E-state index contributed by atoms with van der Waals surface area (Å²) < 4.78 is 5.87. The topological polar surface area (TPSA) is 73.6 Å². The van der Waals surface area contributed by atoms with Crippen LogP contribution in [0.2, 0.25) is 0 Å². The zero-order chi connectivity index (χ0) is 18.3. The molecule has 1 atom stereocenters. The number of oxazole rings is 1. The molecule has 1 spiro atoms. The molecule has 0 radical (unpaired) electrons. The molecule has 0 bridgehead atoms. The minimum Gasteiger partial charge on any atom is -0.423 e. The number of nitrogens with one attached hydrogen (secondary N) is 2. The van der Waals surface area contributed by atoms with Gasteiger partial charge in [0, 0.05) is 32.7 Å². The minimum absolute atomic E-state index is 0.0148. The number of rotatable bonds is 2. The van der Waals surface area contributed by atoms with Gasteiger partial charge in [-0.15, -0.1) is 0 Å². The summed E-state index contributed by atoms with van der Waals surface area (Å²) in [6, 6.07) is 8.47. The molecule has 3 fully saturated rings. The van der Waals surface area contributed by atoms with Gasteiger partial charge in [-0.05, 0) is 49.9 Å². The minimum atomic E-state index is -0.0148. The summed E-state index contributed by atoms with van der Waals surface area (Å²) in [7, 11) is 0. The van der Waals surface area contributed by atoms with E-state index in [1.54, 1.807) is 0 Å². The lowest BCUT2D eigenvalue weighted by molar-refractivity contribution is -0.133. The average Bonchev–Trinajstić information content (AvgIpc) is 3.33. The van der Waals surface area contributed by atoms with Crippen LogP contribution >= 0.6 is 0 Å². The van der Waals surface area contributed by atoms with E-state index in [0.717, 1.165) is 63.3 Å². The van der Waals surface area contributed by atoms with Gasteiger partial charge >= 0.3 is 0 Å². The van der Waals surface area contributed by atoms with E-state index in [4.69, 9.17) is 4.42 Å². The number of piperazine rings is 1. The highest BCUT2D eigenvalue weighted by Gasteiger charge is 2.43. The number of para-hydroxylation sites is 2. The van der Waals surface area contributed by atoms with Crippen molar-refractivity contribution in [2.24, 2.45) is 5.41 Å². The quantitative estimate of drug-likeness (QED) is 0.829. The molecule has 3 saturated heterocycles. The van der Waals surface area contributed by atoms with Crippen LogP contribution in [0.4, 0.5) is 6.01 Å². The number of benzene rings is 1. The van der Waals surface area contributed by atoms with Crippen LogP contribution in [0.15, 0.2) is 28.7 Å². The number of hydrogen-bond acceptors (Lipinski definition) is 6. The lowest BCUT2D eigenvalue weighted by Gasteiger charge is -2.36. The molecule has 4 heterocycles. The SMILES string of the molecule is O=C(C1CC2(CCNCC2)CN1)N1CCN(c2nc3ccccc3o2)CC1. The molecule has 7 nitrogen and oxygen atoms in total. The number of anilines is 1. The molecular formula is C20H27N5O2. The summed E-state index contributed by atoms with van der Waals surface area (Å²) in [5.74, 6) is 0.266. The highest BCUT2D eigenvalue weighted by atomic mass is 16.4. The Hall–Kier alpha value is -2.12. The predicted molar refractivity (Wildman–Crippen MR) is 104 cm³/mol. The fourth-order valence-electron chi connectivity index (χ4n) is 4.76. The summed E-state index contributed by atoms with van der Waals surface area (Å²) in [5.41, 5.74) is 2.02. The molecule has 2 aromatic rings. The molecule has 1 aromatic heterocycles. The third-order valence-corrected chi connectivity index (χ3v) is 6.47. The number of nitrogens with zero attached hydrogens (tertiary/aromatic N) is 3. The van der Waals surface area contributed by atoms with E-state index >= 15 is 0 Å². The van der Waals surface area contributed by atoms with Crippen LogP contribution in [0.5, 0.6) is 0 Å². The zero-order valence-electron chi connectivity index (χ0n) is 15.6. The van der Waals surface area contributed by atoms with Crippen molar-refractivity contribution in [1.82, 2.24) is 20.5 Å². The Kier molecular flexibility index (Phi) is 4.28. The first kappa shape index (κ1) is 17.0. The van der Waals surface area contributed by atoms with E-state index in [2.05, 4.69) is 20.5 Å². The van der Waals surface area contributed by atoms with Crippen LogP contribution in [-0.4, -0.2) is 67.6 Å². The first-order valence-electron chi connectivity index (χ1n) is 10.1. The number of carbonyl (C=O) groups is 1. The molecule has 1 amide bonds. The second-order valence-corrected chi connectivity index (χ2v) is 8.16. The maximum Gasteiger partial charge on any atom is 0.298 e. The summed E-state index contributed by atoms with van der Waals surface area (Å²) in [6.07, 6.45) is 3.34. The Morgan fingerprint density at radius 1 is 1.15 bits per heavy atom. The fraction of sp³-hybridized carbons (Fsp3) is 0.600. The molecule has 2 N–H and O–H groups in total. The van der Waals surface area contributed by atoms with E-state index in [-0.39, 0.29) is 11.9 Å². The number of carbonyl (C=O) groups excluding carboxylic acids is 1. The molecule has 1 aromatic carbocycles. The van der Waals surface area contributed by atoms with Crippen molar-refractivity contribution < 1.29 is 9.21 Å². The van der Waals surface area contributed by atoms with Gasteiger partial charge in [-0.25, -0.2) is 0 Å². The van der Waals surface area contributed by atoms with Crippen molar-refractivity contribution in [3.05, 3.63) is 24.3 Å². The predicted octanol–water partition coefficient (Wildman–Crippen LogP) is 1.21. The Morgan fingerprint density at radius 2 is 1.93 bits per heavy atom. The van der Waals surface area contributed by atoms with Crippen LogP contribution in [-0.2, 0) is 4.79 Å². The molecule has 5 rings (SSSR count). The Morgan fingerprint density at radius 3 is 2.70 bits per heavy atom. The zero-order valence-corrected chi connectivity index (χ0v) is 15.6. The van der Waals surface area contributed by atoms with E-state index in [9.17, 15) is 4.79 Å². The average molecular weight is 369 g/mol. The van der Waals surface area contributed by atoms with E-state index in [1.807, 2.05) is 29.2 Å². The maximum atomic E-state index is 13.0. The molecule has 3 aliphatic heterocycles. The van der Waals surface area contributed by atoms with Gasteiger partial charge in [0.05, 0.1) is 6.04 Å².